The van der Waals surface area contributed by atoms with Crippen LogP contribution in [-0.2, 0) is 4.79 Å². The number of carboxylic acids is 1. The van der Waals surface area contributed by atoms with E-state index in [0.717, 1.165) is 10.5 Å². The number of methoxy groups -OCH3 is 1. The van der Waals surface area contributed by atoms with Crippen LogP contribution in [0.25, 0.3) is 0 Å². The molecule has 2 aromatic rings. The summed E-state index contributed by atoms with van der Waals surface area (Å²) in [6, 6.07) is 8.81. The smallest absolute Gasteiger partial charge is 0.305 e. The molecule has 1 aromatic carbocycles. The van der Waals surface area contributed by atoms with Crippen LogP contribution in [0.5, 0.6) is 5.88 Å². The van der Waals surface area contributed by atoms with Crippen molar-refractivity contribution in [2.45, 2.75) is 17.4 Å². The lowest BCUT2D eigenvalue weighted by atomic mass is 10.0. The molecule has 132 valence electrons. The van der Waals surface area contributed by atoms with Crippen molar-refractivity contribution in [2.75, 3.05) is 18.7 Å². The summed E-state index contributed by atoms with van der Waals surface area (Å²) < 4.78 is 5.03. The van der Waals surface area contributed by atoms with Crippen molar-refractivity contribution < 1.29 is 14.6 Å². The maximum atomic E-state index is 11.2. The summed E-state index contributed by atoms with van der Waals surface area (Å²) in [5.74, 6) is -0.0656. The minimum Gasteiger partial charge on any atom is -0.481 e. The number of aliphatic carboxylic acids is 1. The van der Waals surface area contributed by atoms with Crippen molar-refractivity contribution in [3.05, 3.63) is 42.2 Å². The predicted molar refractivity (Wildman–Crippen MR) is 101 cm³/mol. The Morgan fingerprint density at radius 3 is 2.68 bits per heavy atom. The van der Waals surface area contributed by atoms with Gasteiger partial charge in [0, 0.05) is 11.0 Å². The highest BCUT2D eigenvalue weighted by Gasteiger charge is 2.17. The lowest BCUT2D eigenvalue weighted by Crippen LogP contribution is -2.33. The fourth-order valence-corrected chi connectivity index (χ4v) is 2.75. The molecule has 0 unspecified atom stereocenters. The van der Waals surface area contributed by atoms with E-state index in [4.69, 9.17) is 17.0 Å². The van der Waals surface area contributed by atoms with E-state index < -0.39 is 12.0 Å². The molecule has 25 heavy (non-hydrogen) atoms. The lowest BCUT2D eigenvalue weighted by Gasteiger charge is -2.20. The number of hydrogen-bond acceptors (Lipinski definition) is 6. The highest BCUT2D eigenvalue weighted by atomic mass is 32.2. The molecule has 0 bridgehead atoms. The van der Waals surface area contributed by atoms with Crippen LogP contribution in [0.2, 0.25) is 0 Å². The number of aromatic nitrogens is 2. The van der Waals surface area contributed by atoms with E-state index in [2.05, 4.69) is 20.6 Å². The number of nitrogens with zero attached hydrogens (tertiary/aromatic N) is 2. The van der Waals surface area contributed by atoms with Gasteiger partial charge in [-0.05, 0) is 36.2 Å². The highest BCUT2D eigenvalue weighted by molar-refractivity contribution is 7.98. The van der Waals surface area contributed by atoms with Crippen molar-refractivity contribution in [2.24, 2.45) is 0 Å². The third-order valence-corrected chi connectivity index (χ3v) is 4.26. The molecule has 0 aliphatic rings. The highest BCUT2D eigenvalue weighted by Crippen LogP contribution is 2.21. The largest absolute Gasteiger partial charge is 0.481 e. The molecule has 0 aliphatic carbocycles. The molecule has 0 spiro atoms. The van der Waals surface area contributed by atoms with E-state index in [1.54, 1.807) is 17.8 Å². The molecule has 9 heteroatoms. The van der Waals surface area contributed by atoms with Crippen LogP contribution in [0.3, 0.4) is 0 Å². The second-order valence-electron chi connectivity index (χ2n) is 4.97. The first-order valence-corrected chi connectivity index (χ1v) is 8.94. The first-order chi connectivity index (χ1) is 12.0. The fourth-order valence-electron chi connectivity index (χ4n) is 2.09. The summed E-state index contributed by atoms with van der Waals surface area (Å²) in [5, 5.41) is 15.4. The number of thioether (sulfide) groups is 1. The molecule has 1 aromatic heterocycles. The Hall–Kier alpha value is -2.39. The molecule has 1 atom stereocenters. The van der Waals surface area contributed by atoms with Gasteiger partial charge < -0.3 is 20.5 Å². The van der Waals surface area contributed by atoms with E-state index in [1.165, 1.54) is 13.4 Å². The van der Waals surface area contributed by atoms with Crippen molar-refractivity contribution in [3.8, 4) is 5.88 Å². The first kappa shape index (κ1) is 18.9. The topological polar surface area (TPSA) is 96.4 Å². The van der Waals surface area contributed by atoms with Crippen LogP contribution >= 0.6 is 24.0 Å². The van der Waals surface area contributed by atoms with Crippen molar-refractivity contribution >= 4 is 40.9 Å². The zero-order valence-corrected chi connectivity index (χ0v) is 15.4. The number of carboxylic acid groups (broad SMARTS) is 1. The molecule has 0 amide bonds. The summed E-state index contributed by atoms with van der Waals surface area (Å²) in [7, 11) is 1.50. The molecule has 0 radical (unpaired) electrons. The lowest BCUT2D eigenvalue weighted by molar-refractivity contribution is -0.137. The van der Waals surface area contributed by atoms with Gasteiger partial charge in [0.25, 0.3) is 0 Å². The van der Waals surface area contributed by atoms with E-state index in [9.17, 15) is 9.90 Å². The maximum Gasteiger partial charge on any atom is 0.305 e. The molecule has 0 saturated carbocycles. The average Bonchev–Trinajstić information content (AvgIpc) is 2.61. The standard InChI is InChI=1S/C16H18N4O3S2/c1-23-14-8-13(17-9-18-14)20-16(24)19-12(7-15(21)22)10-3-5-11(25-2)6-4-10/h3-6,8-9,12H,7H2,1-2H3,(H,21,22)(H2,17,18,19,20,24)/t12-/m1/s1. The van der Waals surface area contributed by atoms with Gasteiger partial charge in [-0.2, -0.15) is 0 Å². The number of nitrogens with one attached hydrogen (secondary N) is 2. The van der Waals surface area contributed by atoms with Gasteiger partial charge in [0.15, 0.2) is 5.11 Å². The van der Waals surface area contributed by atoms with Crippen LogP contribution in [0.4, 0.5) is 5.82 Å². The number of anilines is 1. The summed E-state index contributed by atoms with van der Waals surface area (Å²) >= 11 is 6.89. The van der Waals surface area contributed by atoms with Gasteiger partial charge in [-0.3, -0.25) is 4.79 Å². The molecule has 1 heterocycles. The van der Waals surface area contributed by atoms with Crippen molar-refractivity contribution in [1.29, 1.82) is 0 Å². The average molecular weight is 378 g/mol. The second-order valence-corrected chi connectivity index (χ2v) is 6.26. The van der Waals surface area contributed by atoms with Gasteiger partial charge in [0.1, 0.15) is 12.1 Å². The van der Waals surface area contributed by atoms with Gasteiger partial charge in [0.05, 0.1) is 19.6 Å². The van der Waals surface area contributed by atoms with Crippen molar-refractivity contribution in [3.63, 3.8) is 0 Å². The van der Waals surface area contributed by atoms with Crippen molar-refractivity contribution in [1.82, 2.24) is 15.3 Å². The van der Waals surface area contributed by atoms with Crippen LogP contribution in [0.15, 0.2) is 41.6 Å². The normalized spacial score (nSPS) is 11.4. The Morgan fingerprint density at radius 2 is 2.08 bits per heavy atom. The summed E-state index contributed by atoms with van der Waals surface area (Å²) in [6.07, 6.45) is 3.23. The van der Waals surface area contributed by atoms with E-state index in [1.807, 2.05) is 30.5 Å². The van der Waals surface area contributed by atoms with Gasteiger partial charge in [-0.1, -0.05) is 12.1 Å². The first-order valence-electron chi connectivity index (χ1n) is 7.31. The van der Waals surface area contributed by atoms with Gasteiger partial charge >= 0.3 is 5.97 Å². The number of thiocarbonyl (C=S) groups is 1. The SMILES string of the molecule is COc1cc(NC(=S)N[C@H](CC(=O)O)c2ccc(SC)cc2)ncn1. The quantitative estimate of drug-likeness (QED) is 0.496. The number of ether oxygens (including phenoxy) is 1. The van der Waals surface area contributed by atoms with Gasteiger partial charge in [0.2, 0.25) is 5.88 Å². The molecule has 0 aliphatic heterocycles. The van der Waals surface area contributed by atoms with E-state index in [0.29, 0.717) is 11.7 Å². The third kappa shape index (κ3) is 5.87. The fraction of sp³-hybridized carbons (Fsp3) is 0.250. The second kappa shape index (κ2) is 9.19. The molecule has 2 rings (SSSR count). The Bertz CT molecular complexity index is 740. The predicted octanol–water partition coefficient (Wildman–Crippen LogP) is 2.71. The number of carbonyl (C=O) groups is 1. The minimum atomic E-state index is -0.919. The Balaban J connectivity index is 2.09. The summed E-state index contributed by atoms with van der Waals surface area (Å²) in [4.78, 5) is 20.2. The molecule has 3 N–H and O–H groups in total. The summed E-state index contributed by atoms with van der Waals surface area (Å²) in [6.45, 7) is 0. The minimum absolute atomic E-state index is 0.104. The Labute approximate surface area is 155 Å². The number of rotatable bonds is 7. The van der Waals surface area contributed by atoms with Gasteiger partial charge in [-0.15, -0.1) is 11.8 Å². The van der Waals surface area contributed by atoms with Gasteiger partial charge in [-0.25, -0.2) is 9.97 Å². The zero-order chi connectivity index (χ0) is 18.2. The van der Waals surface area contributed by atoms with E-state index in [-0.39, 0.29) is 11.5 Å². The zero-order valence-electron chi connectivity index (χ0n) is 13.7. The molecule has 0 saturated heterocycles. The van der Waals surface area contributed by atoms with Crippen LogP contribution in [-0.4, -0.2) is 39.5 Å². The number of benzene rings is 1. The van der Waals surface area contributed by atoms with Crippen LogP contribution in [0.1, 0.15) is 18.0 Å². The molecule has 0 fully saturated rings. The molecule has 7 nitrogen and oxygen atoms in total. The van der Waals surface area contributed by atoms with Crippen LogP contribution in [0, 0.1) is 0 Å². The third-order valence-electron chi connectivity index (χ3n) is 3.29. The number of hydrogen-bond donors (Lipinski definition) is 3. The maximum absolute atomic E-state index is 11.2. The summed E-state index contributed by atoms with van der Waals surface area (Å²) in [5.41, 5.74) is 0.838. The van der Waals surface area contributed by atoms with Crippen LogP contribution < -0.4 is 15.4 Å². The molecular formula is C16H18N4O3S2. The Morgan fingerprint density at radius 1 is 1.36 bits per heavy atom. The molecular weight excluding hydrogens is 360 g/mol. The van der Waals surface area contributed by atoms with E-state index >= 15 is 0 Å². The Kier molecular flexibility index (Phi) is 6.96. The monoisotopic (exact) mass is 378 g/mol.